The van der Waals surface area contributed by atoms with Gasteiger partial charge in [-0.2, -0.15) is 4.98 Å². The molecule has 0 spiro atoms. The SMILES string of the molecule is O=C(Nc1ccc(N2CCOCC2)c(C(=O)N2CCCCC2)c1)[C@@H]1CCCN1c1nc(Nc2cc(F)cc(F)c2)ncc1Cl. The Morgan fingerprint density at radius 3 is 2.41 bits per heavy atom. The van der Waals surface area contributed by atoms with Crippen LogP contribution in [0.15, 0.2) is 42.6 Å². The van der Waals surface area contributed by atoms with E-state index in [4.69, 9.17) is 16.3 Å². The molecular weight excluding hydrogens is 592 g/mol. The number of hydrogen-bond acceptors (Lipinski definition) is 8. The van der Waals surface area contributed by atoms with E-state index in [9.17, 15) is 18.4 Å². The van der Waals surface area contributed by atoms with Gasteiger partial charge in [0.25, 0.3) is 5.91 Å². The number of nitrogens with one attached hydrogen (secondary N) is 2. The van der Waals surface area contributed by atoms with Crippen molar-refractivity contribution in [2.75, 3.05) is 66.4 Å². The number of halogens is 3. The van der Waals surface area contributed by atoms with Crippen molar-refractivity contribution in [2.24, 2.45) is 0 Å². The van der Waals surface area contributed by atoms with Crippen LogP contribution < -0.4 is 20.4 Å². The number of aromatic nitrogens is 2. The van der Waals surface area contributed by atoms with Gasteiger partial charge < -0.3 is 30.1 Å². The van der Waals surface area contributed by atoms with Crippen molar-refractivity contribution in [2.45, 2.75) is 38.1 Å². The molecule has 3 aliphatic rings. The van der Waals surface area contributed by atoms with Crippen molar-refractivity contribution in [1.29, 1.82) is 0 Å². The van der Waals surface area contributed by atoms with Crippen molar-refractivity contribution in [3.05, 3.63) is 64.8 Å². The maximum absolute atomic E-state index is 13.7. The first-order valence-corrected chi connectivity index (χ1v) is 15.3. The van der Waals surface area contributed by atoms with Crippen LogP contribution in [0, 0.1) is 11.6 Å². The highest BCUT2D eigenvalue weighted by Gasteiger charge is 2.34. The molecule has 0 radical (unpaired) electrons. The number of ether oxygens (including phenoxy) is 1. The number of carbonyl (C=O) groups excluding carboxylic acids is 2. The van der Waals surface area contributed by atoms with Crippen molar-refractivity contribution in [3.8, 4) is 0 Å². The fraction of sp³-hybridized carbons (Fsp3) is 0.419. The summed E-state index contributed by atoms with van der Waals surface area (Å²) in [5.41, 5.74) is 2.08. The predicted octanol–water partition coefficient (Wildman–Crippen LogP) is 5.22. The second kappa shape index (κ2) is 13.3. The molecule has 1 aromatic heterocycles. The molecule has 10 nitrogen and oxygen atoms in total. The van der Waals surface area contributed by atoms with E-state index in [0.29, 0.717) is 56.3 Å². The minimum Gasteiger partial charge on any atom is -0.378 e. The molecule has 44 heavy (non-hydrogen) atoms. The number of rotatable bonds is 7. The van der Waals surface area contributed by atoms with Gasteiger partial charge in [0.05, 0.1) is 25.0 Å². The van der Waals surface area contributed by atoms with Gasteiger partial charge in [-0.15, -0.1) is 0 Å². The Balaban J connectivity index is 1.22. The third-order valence-corrected chi connectivity index (χ3v) is 8.43. The van der Waals surface area contributed by atoms with Crippen molar-refractivity contribution in [1.82, 2.24) is 14.9 Å². The molecular formula is C31H34ClF2N7O3. The van der Waals surface area contributed by atoms with Gasteiger partial charge in [0, 0.05) is 55.9 Å². The average Bonchev–Trinajstić information content (AvgIpc) is 3.52. The second-order valence-corrected chi connectivity index (χ2v) is 11.6. The summed E-state index contributed by atoms with van der Waals surface area (Å²) in [7, 11) is 0. The molecule has 2 N–H and O–H groups in total. The fourth-order valence-corrected chi connectivity index (χ4v) is 6.23. The van der Waals surface area contributed by atoms with Crippen LogP contribution in [0.3, 0.4) is 0 Å². The Bertz CT molecular complexity index is 1510. The molecule has 3 saturated heterocycles. The van der Waals surface area contributed by atoms with Crippen LogP contribution in [-0.4, -0.2) is 78.7 Å². The third-order valence-electron chi connectivity index (χ3n) is 8.16. The Labute approximate surface area is 259 Å². The van der Waals surface area contributed by atoms with E-state index >= 15 is 0 Å². The minimum absolute atomic E-state index is 0.0317. The van der Waals surface area contributed by atoms with Crippen molar-refractivity contribution < 1.29 is 23.1 Å². The lowest BCUT2D eigenvalue weighted by atomic mass is 10.1. The van der Waals surface area contributed by atoms with E-state index in [1.807, 2.05) is 17.0 Å². The fourth-order valence-electron chi connectivity index (χ4n) is 6.03. The largest absolute Gasteiger partial charge is 0.378 e. The van der Waals surface area contributed by atoms with E-state index < -0.39 is 17.7 Å². The van der Waals surface area contributed by atoms with E-state index in [1.54, 1.807) is 11.0 Å². The highest BCUT2D eigenvalue weighted by atomic mass is 35.5. The predicted molar refractivity (Wildman–Crippen MR) is 165 cm³/mol. The smallest absolute Gasteiger partial charge is 0.256 e. The normalized spacial score (nSPS) is 18.8. The van der Waals surface area contributed by atoms with Crippen LogP contribution in [0.4, 0.5) is 37.6 Å². The molecule has 3 aromatic rings. The van der Waals surface area contributed by atoms with Gasteiger partial charge in [-0.3, -0.25) is 9.59 Å². The van der Waals surface area contributed by atoms with Gasteiger partial charge in [0.2, 0.25) is 11.9 Å². The summed E-state index contributed by atoms with van der Waals surface area (Å²) < 4.78 is 32.9. The number of hydrogen-bond donors (Lipinski definition) is 2. The molecule has 1 atom stereocenters. The number of likely N-dealkylation sites (tertiary alicyclic amines) is 1. The highest BCUT2D eigenvalue weighted by Crippen LogP contribution is 2.33. The Morgan fingerprint density at radius 2 is 1.66 bits per heavy atom. The maximum Gasteiger partial charge on any atom is 0.256 e. The number of anilines is 5. The van der Waals surface area contributed by atoms with Gasteiger partial charge in [-0.05, 0) is 62.4 Å². The molecule has 2 amide bonds. The van der Waals surface area contributed by atoms with Gasteiger partial charge in [0.1, 0.15) is 22.7 Å². The van der Waals surface area contributed by atoms with Crippen LogP contribution in [0.1, 0.15) is 42.5 Å². The Kier molecular flexibility index (Phi) is 9.08. The van der Waals surface area contributed by atoms with Gasteiger partial charge in [0.15, 0.2) is 5.82 Å². The van der Waals surface area contributed by atoms with E-state index in [2.05, 4.69) is 25.5 Å². The molecule has 0 unspecified atom stereocenters. The first-order chi connectivity index (χ1) is 21.4. The van der Waals surface area contributed by atoms with Gasteiger partial charge in [-0.25, -0.2) is 13.8 Å². The summed E-state index contributed by atoms with van der Waals surface area (Å²) in [4.78, 5) is 41.9. The molecule has 4 heterocycles. The first kappa shape index (κ1) is 30.0. The van der Waals surface area contributed by atoms with Crippen LogP contribution in [0.25, 0.3) is 0 Å². The van der Waals surface area contributed by atoms with Crippen molar-refractivity contribution >= 4 is 52.2 Å². The number of nitrogens with zero attached hydrogens (tertiary/aromatic N) is 5. The highest BCUT2D eigenvalue weighted by molar-refractivity contribution is 6.33. The molecule has 0 bridgehead atoms. The number of morpholine rings is 1. The molecule has 6 rings (SSSR count). The summed E-state index contributed by atoms with van der Waals surface area (Å²) in [6.45, 7) is 4.53. The molecule has 3 fully saturated rings. The Morgan fingerprint density at radius 1 is 0.909 bits per heavy atom. The minimum atomic E-state index is -0.739. The molecule has 232 valence electrons. The van der Waals surface area contributed by atoms with Gasteiger partial charge in [-0.1, -0.05) is 11.6 Å². The molecule has 3 aliphatic heterocycles. The number of piperidine rings is 1. The zero-order valence-electron chi connectivity index (χ0n) is 24.2. The third kappa shape index (κ3) is 6.71. The number of carbonyl (C=O) groups is 2. The lowest BCUT2D eigenvalue weighted by Gasteiger charge is -2.33. The molecule has 2 aromatic carbocycles. The second-order valence-electron chi connectivity index (χ2n) is 11.2. The number of benzene rings is 2. The van der Waals surface area contributed by atoms with E-state index in [1.165, 1.54) is 6.20 Å². The van der Waals surface area contributed by atoms with Crippen LogP contribution in [0.2, 0.25) is 5.02 Å². The summed E-state index contributed by atoms with van der Waals surface area (Å²) in [6.07, 6.45) is 5.76. The number of amides is 2. The zero-order valence-corrected chi connectivity index (χ0v) is 25.0. The van der Waals surface area contributed by atoms with Crippen LogP contribution >= 0.6 is 11.6 Å². The first-order valence-electron chi connectivity index (χ1n) is 14.9. The quantitative estimate of drug-likeness (QED) is 0.368. The van der Waals surface area contributed by atoms with E-state index in [0.717, 1.165) is 62.7 Å². The topological polar surface area (TPSA) is 103 Å². The maximum atomic E-state index is 13.7. The van der Waals surface area contributed by atoms with Crippen LogP contribution in [-0.2, 0) is 9.53 Å². The molecule has 13 heteroatoms. The van der Waals surface area contributed by atoms with E-state index in [-0.39, 0.29) is 28.5 Å². The summed E-state index contributed by atoms with van der Waals surface area (Å²) >= 11 is 6.48. The monoisotopic (exact) mass is 625 g/mol. The lowest BCUT2D eigenvalue weighted by Crippen LogP contribution is -2.41. The average molecular weight is 626 g/mol. The molecule has 0 saturated carbocycles. The molecule has 0 aliphatic carbocycles. The summed E-state index contributed by atoms with van der Waals surface area (Å²) in [5, 5.41) is 6.06. The lowest BCUT2D eigenvalue weighted by molar-refractivity contribution is -0.117. The Hall–Kier alpha value is -4.03. The van der Waals surface area contributed by atoms with Crippen molar-refractivity contribution in [3.63, 3.8) is 0 Å². The standard InChI is InChI=1S/C31H34ClF2N7O3/c32-25-19-35-31(37-23-16-20(33)15-21(34)17-23)38-28(25)41-10-4-5-27(41)29(42)36-22-6-7-26(39-11-13-44-14-12-39)24(18-22)30(43)40-8-2-1-3-9-40/h6-7,15-19,27H,1-5,8-14H2,(H,36,42)(H,35,37,38)/t27-/m0/s1. The van der Waals surface area contributed by atoms with Gasteiger partial charge >= 0.3 is 0 Å². The van der Waals surface area contributed by atoms with Crippen LogP contribution in [0.5, 0.6) is 0 Å². The summed E-state index contributed by atoms with van der Waals surface area (Å²) in [6, 6.07) is 7.95. The zero-order chi connectivity index (χ0) is 30.6. The summed E-state index contributed by atoms with van der Waals surface area (Å²) in [5.74, 6) is -1.35.